The molecule has 1 N–H and O–H groups in total. The van der Waals surface area contributed by atoms with Gasteiger partial charge in [0.2, 0.25) is 0 Å². The number of alkyl halides is 5. The van der Waals surface area contributed by atoms with Gasteiger partial charge < -0.3 is 29.0 Å². The predicted molar refractivity (Wildman–Crippen MR) is 208 cm³/mol. The molecule has 13 heteroatoms. The van der Waals surface area contributed by atoms with Gasteiger partial charge in [-0.25, -0.2) is 0 Å². The van der Waals surface area contributed by atoms with Crippen LogP contribution in [0.3, 0.4) is 0 Å². The number of halogens is 5. The van der Waals surface area contributed by atoms with Crippen LogP contribution < -0.4 is 0 Å². The third kappa shape index (κ3) is 33.7. The summed E-state index contributed by atoms with van der Waals surface area (Å²) in [4.78, 5) is 26.5. The van der Waals surface area contributed by atoms with Gasteiger partial charge >= 0.3 is 24.0 Å². The maximum atomic E-state index is 12.9. The van der Waals surface area contributed by atoms with E-state index in [1.54, 1.807) is 0 Å². The Morgan fingerprint density at radius 2 is 1.05 bits per heavy atom. The molecular weight excluding hydrogens is 725 g/mol. The Morgan fingerprint density at radius 1 is 0.582 bits per heavy atom. The highest BCUT2D eigenvalue weighted by atomic mass is 19.4. The summed E-state index contributed by atoms with van der Waals surface area (Å²) in [5.41, 5.74) is 0. The largest absolute Gasteiger partial charge is 0.466 e. The van der Waals surface area contributed by atoms with Crippen LogP contribution in [0, 0.1) is 0 Å². The highest BCUT2D eigenvalue weighted by Crippen LogP contribution is 2.39. The molecule has 0 amide bonds. The molecule has 0 aromatic rings. The smallest absolute Gasteiger partial charge is 0.453 e. The molecule has 55 heavy (non-hydrogen) atoms. The predicted octanol–water partition coefficient (Wildman–Crippen LogP) is 11.0. The Balaban J connectivity index is 4.05. The lowest BCUT2D eigenvalue weighted by Gasteiger charge is -2.21. The number of carbonyl (C=O) groups is 2. The van der Waals surface area contributed by atoms with Crippen LogP contribution in [0.5, 0.6) is 0 Å². The summed E-state index contributed by atoms with van der Waals surface area (Å²) in [7, 11) is 0. The van der Waals surface area contributed by atoms with Gasteiger partial charge in [-0.05, 0) is 103 Å². The standard InChI is InChI=1S/C42H74F5NO7/c1-3-5-7-9-15-23-36-54-40(55-37-24-16-10-8-6-4-2)28-27-39(51)53-34-22-17-14-21-31-48(32-33-49)30-20-13-11-12-18-26-38(50)52-35-25-19-29-41(43,44)42(45,46)47/h5-8,40,49H,3-4,9-37H2,1-2H3/b7-5-,8-6-. The van der Waals surface area contributed by atoms with E-state index in [4.69, 9.17) is 18.9 Å². The van der Waals surface area contributed by atoms with Crippen LogP contribution in [0.4, 0.5) is 22.0 Å². The number of rotatable bonds is 39. The SMILES string of the molecule is CC/C=C\CCCCOC(CCC(=O)OCCCCCCN(CCO)CCCCCCCC(=O)OCCCCC(F)(F)C(F)(F)F)OCCCC/C=C\CC. The molecule has 0 atom stereocenters. The molecule has 0 radical (unpaired) electrons. The molecule has 0 bridgehead atoms. The van der Waals surface area contributed by atoms with Crippen molar-refractivity contribution in [2.24, 2.45) is 0 Å². The van der Waals surface area contributed by atoms with Crippen LogP contribution in [0.25, 0.3) is 0 Å². The molecule has 0 saturated heterocycles. The van der Waals surface area contributed by atoms with Gasteiger partial charge in [0.1, 0.15) is 0 Å². The van der Waals surface area contributed by atoms with Gasteiger partial charge in [-0.15, -0.1) is 0 Å². The maximum absolute atomic E-state index is 12.9. The first kappa shape index (κ1) is 52.9. The number of ether oxygens (including phenoxy) is 4. The van der Waals surface area contributed by atoms with Crippen molar-refractivity contribution in [1.29, 1.82) is 0 Å². The zero-order valence-electron chi connectivity index (χ0n) is 34.0. The van der Waals surface area contributed by atoms with E-state index in [1.807, 2.05) is 0 Å². The van der Waals surface area contributed by atoms with Crippen LogP contribution in [-0.4, -0.2) is 93.0 Å². The summed E-state index contributed by atoms with van der Waals surface area (Å²) in [6.07, 6.45) is 18.3. The van der Waals surface area contributed by atoms with E-state index in [9.17, 15) is 36.6 Å². The summed E-state index contributed by atoms with van der Waals surface area (Å²) < 4.78 is 84.7. The molecule has 8 nitrogen and oxygen atoms in total. The Bertz CT molecular complexity index is 941. The monoisotopic (exact) mass is 800 g/mol. The molecule has 0 fully saturated rings. The van der Waals surface area contributed by atoms with Crippen molar-refractivity contribution in [2.75, 3.05) is 52.7 Å². The lowest BCUT2D eigenvalue weighted by molar-refractivity contribution is -0.284. The van der Waals surface area contributed by atoms with Gasteiger partial charge in [-0.3, -0.25) is 9.59 Å². The van der Waals surface area contributed by atoms with E-state index in [0.29, 0.717) is 39.2 Å². The minimum atomic E-state index is -5.56. The Kier molecular flexibility index (Phi) is 34.9. The van der Waals surface area contributed by atoms with Crippen molar-refractivity contribution in [3.05, 3.63) is 24.3 Å². The lowest BCUT2D eigenvalue weighted by atomic mass is 10.1. The maximum Gasteiger partial charge on any atom is 0.453 e. The van der Waals surface area contributed by atoms with Crippen molar-refractivity contribution < 1.29 is 55.6 Å². The molecule has 0 aliphatic carbocycles. The average molecular weight is 800 g/mol. The molecular formula is C42H74F5NO7. The zero-order chi connectivity index (χ0) is 40.9. The highest BCUT2D eigenvalue weighted by molar-refractivity contribution is 5.69. The van der Waals surface area contributed by atoms with Gasteiger partial charge in [0, 0.05) is 39.0 Å². The quantitative estimate of drug-likeness (QED) is 0.0216. The van der Waals surface area contributed by atoms with Gasteiger partial charge in [-0.2, -0.15) is 22.0 Å². The minimum absolute atomic E-state index is 0.0405. The number of unbranched alkanes of at least 4 members (excludes halogenated alkanes) is 12. The second-order valence-electron chi connectivity index (χ2n) is 14.1. The lowest BCUT2D eigenvalue weighted by Crippen LogP contribution is -2.36. The van der Waals surface area contributed by atoms with Crippen LogP contribution >= 0.6 is 0 Å². The third-order valence-corrected chi connectivity index (χ3v) is 8.99. The first-order chi connectivity index (χ1) is 26.5. The van der Waals surface area contributed by atoms with E-state index in [-0.39, 0.29) is 44.9 Å². The van der Waals surface area contributed by atoms with Crippen LogP contribution in [0.15, 0.2) is 24.3 Å². The topological polar surface area (TPSA) is 94.5 Å². The van der Waals surface area contributed by atoms with E-state index < -0.39 is 30.8 Å². The molecule has 0 aliphatic heterocycles. The fourth-order valence-electron chi connectivity index (χ4n) is 5.69. The van der Waals surface area contributed by atoms with Gasteiger partial charge in [0.15, 0.2) is 6.29 Å². The van der Waals surface area contributed by atoms with Crippen molar-refractivity contribution in [3.8, 4) is 0 Å². The summed E-state index contributed by atoms with van der Waals surface area (Å²) in [6.45, 7) is 8.16. The van der Waals surface area contributed by atoms with Crippen LogP contribution in [0.1, 0.15) is 162 Å². The molecule has 0 aromatic heterocycles. The van der Waals surface area contributed by atoms with Gasteiger partial charge in [0.25, 0.3) is 0 Å². The second-order valence-corrected chi connectivity index (χ2v) is 14.1. The fourth-order valence-corrected chi connectivity index (χ4v) is 5.69. The van der Waals surface area contributed by atoms with Crippen molar-refractivity contribution in [3.63, 3.8) is 0 Å². The number of nitrogens with zero attached hydrogens (tertiary/aromatic N) is 1. The van der Waals surface area contributed by atoms with Crippen molar-refractivity contribution in [1.82, 2.24) is 4.90 Å². The summed E-state index contributed by atoms with van der Waals surface area (Å²) >= 11 is 0. The van der Waals surface area contributed by atoms with Crippen LogP contribution in [0.2, 0.25) is 0 Å². The first-order valence-electron chi connectivity index (χ1n) is 21.1. The average Bonchev–Trinajstić information content (AvgIpc) is 3.14. The number of aliphatic hydroxyl groups excluding tert-OH is 1. The van der Waals surface area contributed by atoms with Gasteiger partial charge in [0.05, 0.1) is 26.2 Å². The van der Waals surface area contributed by atoms with E-state index in [0.717, 1.165) is 116 Å². The Labute approximate surface area is 328 Å². The van der Waals surface area contributed by atoms with E-state index in [2.05, 4.69) is 43.1 Å². The first-order valence-corrected chi connectivity index (χ1v) is 21.1. The molecule has 0 saturated carbocycles. The summed E-state index contributed by atoms with van der Waals surface area (Å²) in [6, 6.07) is 0. The summed E-state index contributed by atoms with van der Waals surface area (Å²) in [5.74, 6) is -5.42. The number of esters is 2. The molecule has 0 rings (SSSR count). The van der Waals surface area contributed by atoms with Crippen molar-refractivity contribution >= 4 is 11.9 Å². The molecule has 0 heterocycles. The number of hydrogen-bond donors (Lipinski definition) is 1. The Morgan fingerprint density at radius 3 is 1.58 bits per heavy atom. The fraction of sp³-hybridized carbons (Fsp3) is 0.857. The molecule has 0 aliphatic rings. The highest BCUT2D eigenvalue weighted by Gasteiger charge is 2.56. The van der Waals surface area contributed by atoms with Gasteiger partial charge in [-0.1, -0.05) is 70.3 Å². The van der Waals surface area contributed by atoms with E-state index in [1.165, 1.54) is 0 Å². The van der Waals surface area contributed by atoms with Crippen LogP contribution in [-0.2, 0) is 28.5 Å². The summed E-state index contributed by atoms with van der Waals surface area (Å²) in [5, 5.41) is 9.47. The normalized spacial score (nSPS) is 12.5. The molecule has 0 aromatic carbocycles. The number of allylic oxidation sites excluding steroid dienone is 4. The number of hydrogen-bond acceptors (Lipinski definition) is 8. The van der Waals surface area contributed by atoms with Crippen molar-refractivity contribution in [2.45, 2.75) is 180 Å². The molecule has 0 spiro atoms. The third-order valence-electron chi connectivity index (χ3n) is 8.99. The number of aliphatic hydroxyl groups is 1. The Hall–Kier alpha value is -2.09. The zero-order valence-corrected chi connectivity index (χ0v) is 34.0. The molecule has 324 valence electrons. The van der Waals surface area contributed by atoms with E-state index >= 15 is 0 Å². The second kappa shape index (κ2) is 36.3. The minimum Gasteiger partial charge on any atom is -0.466 e. The number of carbonyl (C=O) groups excluding carboxylic acids is 2. The molecule has 0 unspecified atom stereocenters.